The number of hydrogen-bond donors (Lipinski definition) is 2. The lowest BCUT2D eigenvalue weighted by molar-refractivity contribution is -0.0143. The van der Waals surface area contributed by atoms with Gasteiger partial charge in [-0.2, -0.15) is 0 Å². The second kappa shape index (κ2) is 7.64. The summed E-state index contributed by atoms with van der Waals surface area (Å²) in [6, 6.07) is 13.3. The van der Waals surface area contributed by atoms with Crippen LogP contribution in [0, 0.1) is 5.82 Å². The molecule has 0 unspecified atom stereocenters. The van der Waals surface area contributed by atoms with Crippen molar-refractivity contribution >= 4 is 0 Å². The van der Waals surface area contributed by atoms with Crippen molar-refractivity contribution in [3.63, 3.8) is 0 Å². The lowest BCUT2D eigenvalue weighted by Crippen LogP contribution is -2.50. The molecule has 1 fully saturated rings. The van der Waals surface area contributed by atoms with Gasteiger partial charge in [0.1, 0.15) is 23.8 Å². The van der Waals surface area contributed by atoms with E-state index in [-0.39, 0.29) is 12.1 Å². The molecule has 2 aromatic rings. The zero-order chi connectivity index (χ0) is 16.9. The molecule has 5 heteroatoms. The number of nitrogens with one attached hydrogen (secondary N) is 1. The van der Waals surface area contributed by atoms with Crippen molar-refractivity contribution in [1.82, 2.24) is 5.32 Å². The molecule has 0 aliphatic heterocycles. The lowest BCUT2D eigenvalue weighted by Gasteiger charge is -2.34. The first-order valence-electron chi connectivity index (χ1n) is 8.22. The molecule has 4 nitrogen and oxygen atoms in total. The van der Waals surface area contributed by atoms with Gasteiger partial charge in [-0.1, -0.05) is 18.2 Å². The minimum atomic E-state index is -0.613. The first-order chi connectivity index (χ1) is 11.7. The van der Waals surface area contributed by atoms with Gasteiger partial charge in [0.2, 0.25) is 0 Å². The molecular formula is C19H22FNO3. The van der Waals surface area contributed by atoms with Crippen molar-refractivity contribution in [2.75, 3.05) is 7.05 Å². The monoisotopic (exact) mass is 331 g/mol. The second-order valence-electron chi connectivity index (χ2n) is 5.98. The average Bonchev–Trinajstić information content (AvgIpc) is 2.60. The molecule has 0 radical (unpaired) electrons. The summed E-state index contributed by atoms with van der Waals surface area (Å²) in [7, 11) is 1.83. The predicted molar refractivity (Wildman–Crippen MR) is 90.0 cm³/mol. The lowest BCUT2D eigenvalue weighted by atomic mass is 9.90. The zero-order valence-electron chi connectivity index (χ0n) is 13.6. The maximum Gasteiger partial charge on any atom is 0.172 e. The smallest absolute Gasteiger partial charge is 0.172 e. The summed E-state index contributed by atoms with van der Waals surface area (Å²) in [5, 5.41) is 13.5. The maximum absolute atomic E-state index is 13.6. The number of benzene rings is 2. The molecule has 1 aliphatic carbocycles. The Kier molecular flexibility index (Phi) is 5.33. The highest BCUT2D eigenvalue weighted by Gasteiger charge is 2.33. The summed E-state index contributed by atoms with van der Waals surface area (Å²) in [5.41, 5.74) is 0. The molecular weight excluding hydrogens is 309 g/mol. The summed E-state index contributed by atoms with van der Waals surface area (Å²) in [4.78, 5) is 0. The van der Waals surface area contributed by atoms with Gasteiger partial charge in [0, 0.05) is 12.1 Å². The molecule has 0 aromatic heterocycles. The molecule has 0 amide bonds. The quantitative estimate of drug-likeness (QED) is 0.880. The molecule has 0 heterocycles. The molecule has 3 atom stereocenters. The third kappa shape index (κ3) is 3.86. The van der Waals surface area contributed by atoms with Gasteiger partial charge in [-0.3, -0.25) is 0 Å². The minimum absolute atomic E-state index is 0.00249. The fourth-order valence-electron chi connectivity index (χ4n) is 3.02. The highest BCUT2D eigenvalue weighted by molar-refractivity contribution is 5.43. The van der Waals surface area contributed by atoms with Crippen molar-refractivity contribution < 1.29 is 19.0 Å². The van der Waals surface area contributed by atoms with E-state index in [2.05, 4.69) is 5.32 Å². The van der Waals surface area contributed by atoms with Gasteiger partial charge >= 0.3 is 0 Å². The van der Waals surface area contributed by atoms with E-state index < -0.39 is 11.9 Å². The number of aliphatic hydroxyl groups excluding tert-OH is 1. The minimum Gasteiger partial charge on any atom is -0.484 e. The van der Waals surface area contributed by atoms with E-state index in [1.165, 1.54) is 12.1 Å². The van der Waals surface area contributed by atoms with Gasteiger partial charge in [0.25, 0.3) is 0 Å². The number of halogens is 1. The van der Waals surface area contributed by atoms with Gasteiger partial charge in [0.15, 0.2) is 11.5 Å². The van der Waals surface area contributed by atoms with E-state index in [9.17, 15) is 9.50 Å². The highest BCUT2D eigenvalue weighted by Crippen LogP contribution is 2.35. The number of hydrogen-bond acceptors (Lipinski definition) is 4. The third-order valence-corrected chi connectivity index (χ3v) is 4.32. The van der Waals surface area contributed by atoms with Crippen LogP contribution in [0.4, 0.5) is 4.39 Å². The van der Waals surface area contributed by atoms with Crippen LogP contribution in [0.1, 0.15) is 19.3 Å². The zero-order valence-corrected chi connectivity index (χ0v) is 13.6. The van der Waals surface area contributed by atoms with Crippen molar-refractivity contribution in [2.24, 2.45) is 0 Å². The van der Waals surface area contributed by atoms with Crippen molar-refractivity contribution in [1.29, 1.82) is 0 Å². The number of aliphatic hydroxyl groups is 1. The van der Waals surface area contributed by atoms with Crippen LogP contribution in [0.25, 0.3) is 0 Å². The van der Waals surface area contributed by atoms with Crippen LogP contribution in [-0.4, -0.2) is 30.4 Å². The Balaban J connectivity index is 1.80. The van der Waals surface area contributed by atoms with Crippen LogP contribution in [0.3, 0.4) is 0 Å². The van der Waals surface area contributed by atoms with Gasteiger partial charge < -0.3 is 19.9 Å². The Morgan fingerprint density at radius 2 is 1.88 bits per heavy atom. The molecule has 3 rings (SSSR count). The predicted octanol–water partition coefficient (Wildman–Crippen LogP) is 3.50. The van der Waals surface area contributed by atoms with E-state index in [4.69, 9.17) is 9.47 Å². The molecule has 0 saturated heterocycles. The van der Waals surface area contributed by atoms with E-state index in [1.54, 1.807) is 18.2 Å². The van der Waals surface area contributed by atoms with E-state index in [0.717, 1.165) is 19.3 Å². The Labute approximate surface area is 141 Å². The Morgan fingerprint density at radius 3 is 2.62 bits per heavy atom. The highest BCUT2D eigenvalue weighted by atomic mass is 19.1. The SMILES string of the molecule is CN[C@@H]1CCC[C@@H](Oc2ccc(F)cc2Oc2ccccc2)[C@@H]1O. The standard InChI is InChI=1S/C19H22FNO3/c1-21-15-8-5-9-17(19(15)22)24-16-11-10-13(20)12-18(16)23-14-6-3-2-4-7-14/h2-4,6-7,10-12,15,17,19,21-22H,5,8-9H2,1H3/t15-,17-,19-/m1/s1. The summed E-state index contributed by atoms with van der Waals surface area (Å²) < 4.78 is 25.4. The molecule has 0 spiro atoms. The van der Waals surface area contributed by atoms with Gasteiger partial charge in [-0.25, -0.2) is 4.39 Å². The average molecular weight is 331 g/mol. The van der Waals surface area contributed by atoms with Crippen LogP contribution >= 0.6 is 0 Å². The number of rotatable bonds is 5. The third-order valence-electron chi connectivity index (χ3n) is 4.32. The molecule has 0 bridgehead atoms. The van der Waals surface area contributed by atoms with Crippen molar-refractivity contribution in [3.8, 4) is 17.2 Å². The van der Waals surface area contributed by atoms with Gasteiger partial charge in [0.05, 0.1) is 0 Å². The molecule has 128 valence electrons. The molecule has 2 aromatic carbocycles. The molecule has 1 aliphatic rings. The normalized spacial score (nSPS) is 23.7. The van der Waals surface area contributed by atoms with E-state index in [1.807, 2.05) is 25.2 Å². The van der Waals surface area contributed by atoms with Crippen LogP contribution in [-0.2, 0) is 0 Å². The Bertz CT molecular complexity index is 665. The van der Waals surface area contributed by atoms with E-state index in [0.29, 0.717) is 17.2 Å². The van der Waals surface area contributed by atoms with Crippen LogP contribution in [0.2, 0.25) is 0 Å². The summed E-state index contributed by atoms with van der Waals surface area (Å²) in [5.74, 6) is 0.942. The number of likely N-dealkylation sites (N-methyl/N-ethyl adjacent to an activating group) is 1. The Morgan fingerprint density at radius 1 is 1.08 bits per heavy atom. The van der Waals surface area contributed by atoms with Crippen molar-refractivity contribution in [3.05, 3.63) is 54.3 Å². The summed E-state index contributed by atoms with van der Waals surface area (Å²) in [6.45, 7) is 0. The topological polar surface area (TPSA) is 50.7 Å². The van der Waals surface area contributed by atoms with Gasteiger partial charge in [-0.05, 0) is 50.6 Å². The van der Waals surface area contributed by atoms with Crippen molar-refractivity contribution in [2.45, 2.75) is 37.5 Å². The molecule has 24 heavy (non-hydrogen) atoms. The number of para-hydroxylation sites is 1. The second-order valence-corrected chi connectivity index (χ2v) is 5.98. The fraction of sp³-hybridized carbons (Fsp3) is 0.368. The van der Waals surface area contributed by atoms with E-state index >= 15 is 0 Å². The van der Waals surface area contributed by atoms with Crippen LogP contribution in [0.15, 0.2) is 48.5 Å². The number of ether oxygens (including phenoxy) is 2. The fourth-order valence-corrected chi connectivity index (χ4v) is 3.02. The summed E-state index contributed by atoms with van der Waals surface area (Å²) >= 11 is 0. The molecule has 2 N–H and O–H groups in total. The largest absolute Gasteiger partial charge is 0.484 e. The maximum atomic E-state index is 13.6. The van der Waals surface area contributed by atoms with Gasteiger partial charge in [-0.15, -0.1) is 0 Å². The summed E-state index contributed by atoms with van der Waals surface area (Å²) in [6.07, 6.45) is 1.66. The van der Waals surface area contributed by atoms with Crippen LogP contribution in [0.5, 0.6) is 17.2 Å². The first kappa shape index (κ1) is 16.7. The molecule has 1 saturated carbocycles. The van der Waals surface area contributed by atoms with Crippen LogP contribution < -0.4 is 14.8 Å². The Hall–Kier alpha value is -2.11. The first-order valence-corrected chi connectivity index (χ1v) is 8.22.